The van der Waals surface area contributed by atoms with E-state index in [0.29, 0.717) is 30.7 Å². The molecule has 6 heteroatoms. The average Bonchev–Trinajstić information content (AvgIpc) is 2.75. The standard InChI is InChI=1S/C10H14FN3OS/c1-7(15)13-8-2-4-10(11,5-3-8)9-14-12-6-16-9/h6,8H,2-5H2,1H3,(H,13,15). The maximum atomic E-state index is 14.4. The molecule has 2 rings (SSSR count). The van der Waals surface area contributed by atoms with Gasteiger partial charge in [-0.3, -0.25) is 4.79 Å². The van der Waals surface area contributed by atoms with Gasteiger partial charge in [0.25, 0.3) is 0 Å². The molecule has 0 saturated heterocycles. The Bertz CT molecular complexity index is 360. The van der Waals surface area contributed by atoms with Gasteiger partial charge in [-0.2, -0.15) is 0 Å². The molecule has 0 radical (unpaired) electrons. The summed E-state index contributed by atoms with van der Waals surface area (Å²) in [5.74, 6) is -0.0488. The molecule has 0 spiro atoms. The zero-order valence-corrected chi connectivity index (χ0v) is 9.89. The SMILES string of the molecule is CC(=O)NC1CCC(F)(c2nncs2)CC1. The summed E-state index contributed by atoms with van der Waals surface area (Å²) in [6.45, 7) is 1.49. The van der Waals surface area contributed by atoms with Gasteiger partial charge in [-0.15, -0.1) is 21.5 Å². The first-order valence-corrected chi connectivity index (χ1v) is 6.21. The van der Waals surface area contributed by atoms with Crippen molar-refractivity contribution in [1.29, 1.82) is 0 Å². The number of aromatic nitrogens is 2. The van der Waals surface area contributed by atoms with E-state index in [1.54, 1.807) is 5.51 Å². The number of alkyl halides is 1. The topological polar surface area (TPSA) is 54.9 Å². The first kappa shape index (κ1) is 11.4. The van der Waals surface area contributed by atoms with Crippen molar-refractivity contribution in [1.82, 2.24) is 15.5 Å². The van der Waals surface area contributed by atoms with E-state index in [4.69, 9.17) is 0 Å². The maximum absolute atomic E-state index is 14.4. The summed E-state index contributed by atoms with van der Waals surface area (Å²) in [5, 5.41) is 10.8. The fraction of sp³-hybridized carbons (Fsp3) is 0.700. The van der Waals surface area contributed by atoms with E-state index in [0.717, 1.165) is 0 Å². The number of halogens is 1. The largest absolute Gasteiger partial charge is 0.354 e. The highest BCUT2D eigenvalue weighted by Gasteiger charge is 2.39. The molecule has 1 aromatic rings. The number of hydrogen-bond acceptors (Lipinski definition) is 4. The monoisotopic (exact) mass is 243 g/mol. The first-order chi connectivity index (χ1) is 7.60. The van der Waals surface area contributed by atoms with Crippen molar-refractivity contribution < 1.29 is 9.18 Å². The highest BCUT2D eigenvalue weighted by molar-refractivity contribution is 7.09. The molecule has 1 aromatic heterocycles. The van der Waals surface area contributed by atoms with Crippen LogP contribution in [0, 0.1) is 0 Å². The first-order valence-electron chi connectivity index (χ1n) is 5.33. The van der Waals surface area contributed by atoms with Crippen LogP contribution < -0.4 is 5.32 Å². The van der Waals surface area contributed by atoms with Crippen molar-refractivity contribution in [2.75, 3.05) is 0 Å². The summed E-state index contributed by atoms with van der Waals surface area (Å²) in [7, 11) is 0. The Hall–Kier alpha value is -1.04. The van der Waals surface area contributed by atoms with Crippen LogP contribution in [0.15, 0.2) is 5.51 Å². The molecule has 1 amide bonds. The number of nitrogens with one attached hydrogen (secondary N) is 1. The molecule has 0 bridgehead atoms. The van der Waals surface area contributed by atoms with Crippen LogP contribution in [0.25, 0.3) is 0 Å². The Morgan fingerprint density at radius 1 is 1.62 bits per heavy atom. The van der Waals surface area contributed by atoms with Gasteiger partial charge in [0, 0.05) is 13.0 Å². The number of carbonyl (C=O) groups excluding carboxylic acids is 1. The molecule has 0 unspecified atom stereocenters. The fourth-order valence-electron chi connectivity index (χ4n) is 2.09. The summed E-state index contributed by atoms with van der Waals surface area (Å²) in [5.41, 5.74) is 0.215. The quantitative estimate of drug-likeness (QED) is 0.861. The molecule has 1 saturated carbocycles. The summed E-state index contributed by atoms with van der Waals surface area (Å²) >= 11 is 1.26. The summed E-state index contributed by atoms with van der Waals surface area (Å²) in [6, 6.07) is 0.106. The lowest BCUT2D eigenvalue weighted by atomic mass is 9.84. The van der Waals surface area contributed by atoms with E-state index in [9.17, 15) is 9.18 Å². The zero-order valence-electron chi connectivity index (χ0n) is 9.07. The minimum Gasteiger partial charge on any atom is -0.354 e. The van der Waals surface area contributed by atoms with Gasteiger partial charge in [-0.25, -0.2) is 4.39 Å². The summed E-state index contributed by atoms with van der Waals surface area (Å²) < 4.78 is 14.4. The number of carbonyl (C=O) groups is 1. The lowest BCUT2D eigenvalue weighted by molar-refractivity contribution is -0.120. The van der Waals surface area contributed by atoms with Crippen molar-refractivity contribution in [3.8, 4) is 0 Å². The zero-order chi connectivity index (χ0) is 11.6. The third-order valence-electron chi connectivity index (χ3n) is 2.93. The molecule has 1 aliphatic carbocycles. The number of hydrogen-bond donors (Lipinski definition) is 1. The van der Waals surface area contributed by atoms with Crippen LogP contribution in [-0.2, 0) is 10.5 Å². The molecule has 1 N–H and O–H groups in total. The van der Waals surface area contributed by atoms with E-state index in [-0.39, 0.29) is 11.9 Å². The van der Waals surface area contributed by atoms with Gasteiger partial charge in [0.2, 0.25) is 5.91 Å². The third kappa shape index (κ3) is 2.37. The molecule has 0 aliphatic heterocycles. The van der Waals surface area contributed by atoms with Gasteiger partial charge in [0.05, 0.1) is 0 Å². The predicted octanol–water partition coefficient (Wildman–Crippen LogP) is 1.78. The summed E-state index contributed by atoms with van der Waals surface area (Å²) in [6.07, 6.45) is 2.14. The highest BCUT2D eigenvalue weighted by atomic mass is 32.1. The average molecular weight is 243 g/mol. The van der Waals surface area contributed by atoms with Crippen LogP contribution in [0.3, 0.4) is 0 Å². The van der Waals surface area contributed by atoms with Crippen LogP contribution in [0.1, 0.15) is 37.6 Å². The van der Waals surface area contributed by atoms with Crippen LogP contribution in [0.5, 0.6) is 0 Å². The van der Waals surface area contributed by atoms with E-state index in [1.807, 2.05) is 0 Å². The van der Waals surface area contributed by atoms with Crippen LogP contribution in [0.2, 0.25) is 0 Å². The molecular weight excluding hydrogens is 229 g/mol. The van der Waals surface area contributed by atoms with Crippen LogP contribution in [0.4, 0.5) is 4.39 Å². The van der Waals surface area contributed by atoms with Gasteiger partial charge in [-0.05, 0) is 25.7 Å². The van der Waals surface area contributed by atoms with Crippen LogP contribution >= 0.6 is 11.3 Å². The smallest absolute Gasteiger partial charge is 0.217 e. The van der Waals surface area contributed by atoms with Crippen molar-refractivity contribution >= 4 is 17.2 Å². The second kappa shape index (κ2) is 4.45. The maximum Gasteiger partial charge on any atom is 0.217 e. The van der Waals surface area contributed by atoms with Gasteiger partial charge < -0.3 is 5.32 Å². The molecule has 1 aliphatic rings. The Morgan fingerprint density at radius 3 is 2.81 bits per heavy atom. The Morgan fingerprint density at radius 2 is 2.31 bits per heavy atom. The van der Waals surface area contributed by atoms with E-state index in [2.05, 4.69) is 15.5 Å². The van der Waals surface area contributed by atoms with Gasteiger partial charge in [0.15, 0.2) is 10.7 Å². The van der Waals surface area contributed by atoms with Crippen molar-refractivity contribution in [3.63, 3.8) is 0 Å². The molecule has 1 fully saturated rings. The van der Waals surface area contributed by atoms with Gasteiger partial charge in [0.1, 0.15) is 5.51 Å². The lowest BCUT2D eigenvalue weighted by Crippen LogP contribution is -2.39. The van der Waals surface area contributed by atoms with Gasteiger partial charge >= 0.3 is 0 Å². The lowest BCUT2D eigenvalue weighted by Gasteiger charge is -2.32. The Kier molecular flexibility index (Phi) is 3.18. The molecule has 4 nitrogen and oxygen atoms in total. The second-order valence-electron chi connectivity index (χ2n) is 4.18. The minimum absolute atomic E-state index is 0.0488. The molecule has 1 heterocycles. The number of amides is 1. The second-order valence-corrected chi connectivity index (χ2v) is 5.02. The number of nitrogens with zero attached hydrogens (tertiary/aromatic N) is 2. The Labute approximate surface area is 97.3 Å². The van der Waals surface area contributed by atoms with E-state index >= 15 is 0 Å². The molecule has 88 valence electrons. The summed E-state index contributed by atoms with van der Waals surface area (Å²) in [4.78, 5) is 10.9. The molecule has 0 atom stereocenters. The van der Waals surface area contributed by atoms with Crippen LogP contribution in [-0.4, -0.2) is 22.1 Å². The predicted molar refractivity (Wildman–Crippen MR) is 58.8 cm³/mol. The Balaban J connectivity index is 1.96. The van der Waals surface area contributed by atoms with E-state index in [1.165, 1.54) is 18.3 Å². The molecule has 16 heavy (non-hydrogen) atoms. The number of rotatable bonds is 2. The van der Waals surface area contributed by atoms with Crippen molar-refractivity contribution in [3.05, 3.63) is 10.5 Å². The normalized spacial score (nSPS) is 30.0. The highest BCUT2D eigenvalue weighted by Crippen LogP contribution is 2.41. The fourth-order valence-corrected chi connectivity index (χ4v) is 2.79. The third-order valence-corrected chi connectivity index (χ3v) is 3.80. The molecule has 0 aromatic carbocycles. The van der Waals surface area contributed by atoms with Crippen molar-refractivity contribution in [2.45, 2.75) is 44.3 Å². The minimum atomic E-state index is -1.34. The van der Waals surface area contributed by atoms with Gasteiger partial charge in [-0.1, -0.05) is 0 Å². The molecular formula is C10H14FN3OS. The van der Waals surface area contributed by atoms with Crippen molar-refractivity contribution in [2.24, 2.45) is 0 Å². The van der Waals surface area contributed by atoms with E-state index < -0.39 is 5.67 Å².